The predicted molar refractivity (Wildman–Crippen MR) is 64.3 cm³/mol. The number of hydrogen-bond acceptors (Lipinski definition) is 3. The normalized spacial score (nSPS) is 11.8. The summed E-state index contributed by atoms with van der Waals surface area (Å²) in [5, 5.41) is 0. The number of carbonyl (C=O) groups excluding carboxylic acids is 1. The number of methoxy groups -OCH3 is 1. The van der Waals surface area contributed by atoms with Crippen molar-refractivity contribution in [3.63, 3.8) is 0 Å². The molecule has 0 fully saturated rings. The lowest BCUT2D eigenvalue weighted by Crippen LogP contribution is -2.17. The minimum absolute atomic E-state index is 0.100. The first-order chi connectivity index (χ1) is 7.43. The summed E-state index contributed by atoms with van der Waals surface area (Å²) in [6.45, 7) is 5.68. The van der Waals surface area contributed by atoms with Crippen LogP contribution >= 0.6 is 0 Å². The largest absolute Gasteiger partial charge is 0.481 e. The molecule has 0 radical (unpaired) electrons. The Morgan fingerprint density at radius 1 is 1.38 bits per heavy atom. The van der Waals surface area contributed by atoms with E-state index < -0.39 is 0 Å². The zero-order chi connectivity index (χ0) is 12.2. The lowest BCUT2D eigenvalue weighted by Gasteiger charge is -2.12. The average Bonchev–Trinajstić information content (AvgIpc) is 2.25. The molecule has 3 nitrogen and oxygen atoms in total. The topological polar surface area (TPSA) is 39.2 Å². The van der Waals surface area contributed by atoms with Gasteiger partial charge < -0.3 is 4.74 Å². The number of rotatable bonds is 3. The van der Waals surface area contributed by atoms with Crippen LogP contribution in [0.15, 0.2) is 24.4 Å². The smallest absolute Gasteiger partial charge is 0.212 e. The zero-order valence-corrected chi connectivity index (χ0v) is 10.2. The fourth-order valence-corrected chi connectivity index (χ4v) is 1.03. The van der Waals surface area contributed by atoms with Crippen molar-refractivity contribution in [2.24, 2.45) is 5.41 Å². The van der Waals surface area contributed by atoms with Crippen molar-refractivity contribution in [1.82, 2.24) is 4.98 Å². The minimum atomic E-state index is -0.337. The molecule has 0 bridgehead atoms. The van der Waals surface area contributed by atoms with Crippen LogP contribution in [0.3, 0.4) is 0 Å². The maximum Gasteiger partial charge on any atom is 0.212 e. The van der Waals surface area contributed by atoms with Gasteiger partial charge in [-0.05, 0) is 23.8 Å². The van der Waals surface area contributed by atoms with Crippen LogP contribution in [0.25, 0.3) is 6.08 Å². The second-order valence-electron chi connectivity index (χ2n) is 4.58. The van der Waals surface area contributed by atoms with E-state index in [-0.39, 0.29) is 11.2 Å². The second kappa shape index (κ2) is 4.92. The fraction of sp³-hybridized carbons (Fsp3) is 0.385. The van der Waals surface area contributed by atoms with Crippen LogP contribution in [0.5, 0.6) is 5.88 Å². The SMILES string of the molecule is COc1ccc(/C=C/C(=O)C(C)(C)C)cn1. The molecule has 0 saturated heterocycles. The summed E-state index contributed by atoms with van der Waals surface area (Å²) in [5.41, 5.74) is 0.551. The summed E-state index contributed by atoms with van der Waals surface area (Å²) in [7, 11) is 1.57. The first-order valence-electron chi connectivity index (χ1n) is 5.16. The van der Waals surface area contributed by atoms with Crippen molar-refractivity contribution < 1.29 is 9.53 Å². The van der Waals surface area contributed by atoms with Crippen LogP contribution in [-0.2, 0) is 4.79 Å². The number of carbonyl (C=O) groups is 1. The number of ether oxygens (including phenoxy) is 1. The Morgan fingerprint density at radius 2 is 2.06 bits per heavy atom. The van der Waals surface area contributed by atoms with Gasteiger partial charge in [-0.25, -0.2) is 4.98 Å². The number of ketones is 1. The highest BCUT2D eigenvalue weighted by atomic mass is 16.5. The lowest BCUT2D eigenvalue weighted by atomic mass is 9.90. The molecule has 1 aromatic heterocycles. The van der Waals surface area contributed by atoms with E-state index in [2.05, 4.69) is 4.98 Å². The number of aromatic nitrogens is 1. The van der Waals surface area contributed by atoms with Crippen LogP contribution in [-0.4, -0.2) is 17.9 Å². The Bertz CT molecular complexity index is 385. The highest BCUT2D eigenvalue weighted by molar-refractivity contribution is 5.97. The van der Waals surface area contributed by atoms with Gasteiger partial charge in [-0.2, -0.15) is 0 Å². The van der Waals surface area contributed by atoms with E-state index in [9.17, 15) is 4.79 Å². The standard InChI is InChI=1S/C13H17NO2/c1-13(2,3)11(15)7-5-10-6-8-12(16-4)14-9-10/h5-9H,1-4H3/b7-5+. The Labute approximate surface area is 96.2 Å². The zero-order valence-electron chi connectivity index (χ0n) is 10.2. The molecule has 0 N–H and O–H groups in total. The summed E-state index contributed by atoms with van der Waals surface area (Å²) in [6, 6.07) is 3.62. The number of allylic oxidation sites excluding steroid dienone is 1. The summed E-state index contributed by atoms with van der Waals surface area (Å²) >= 11 is 0. The van der Waals surface area contributed by atoms with E-state index in [0.29, 0.717) is 5.88 Å². The molecule has 1 heterocycles. The van der Waals surface area contributed by atoms with Crippen molar-refractivity contribution >= 4 is 11.9 Å². The molecular weight excluding hydrogens is 202 g/mol. The van der Waals surface area contributed by atoms with Gasteiger partial charge in [0.1, 0.15) is 0 Å². The highest BCUT2D eigenvalue weighted by Crippen LogP contribution is 2.16. The molecule has 0 aliphatic carbocycles. The Hall–Kier alpha value is -1.64. The van der Waals surface area contributed by atoms with E-state index in [1.165, 1.54) is 0 Å². The molecule has 1 rings (SSSR count). The van der Waals surface area contributed by atoms with Gasteiger partial charge in [0.2, 0.25) is 5.88 Å². The summed E-state index contributed by atoms with van der Waals surface area (Å²) in [4.78, 5) is 15.7. The van der Waals surface area contributed by atoms with E-state index >= 15 is 0 Å². The lowest BCUT2D eigenvalue weighted by molar-refractivity contribution is -0.121. The van der Waals surface area contributed by atoms with Crippen molar-refractivity contribution in [1.29, 1.82) is 0 Å². The summed E-state index contributed by atoms with van der Waals surface area (Å²) < 4.78 is 4.95. The van der Waals surface area contributed by atoms with Gasteiger partial charge in [-0.3, -0.25) is 4.79 Å². The molecule has 1 aromatic rings. The minimum Gasteiger partial charge on any atom is -0.481 e. The number of pyridine rings is 1. The average molecular weight is 219 g/mol. The van der Waals surface area contributed by atoms with Crippen LogP contribution in [0.2, 0.25) is 0 Å². The van der Waals surface area contributed by atoms with Crippen LogP contribution in [0.4, 0.5) is 0 Å². The molecule has 3 heteroatoms. The third-order valence-corrected chi connectivity index (χ3v) is 2.13. The van der Waals surface area contributed by atoms with Crippen molar-refractivity contribution in [2.45, 2.75) is 20.8 Å². The van der Waals surface area contributed by atoms with Crippen LogP contribution in [0.1, 0.15) is 26.3 Å². The van der Waals surface area contributed by atoms with Crippen molar-refractivity contribution in [2.75, 3.05) is 7.11 Å². The maximum atomic E-state index is 11.6. The Morgan fingerprint density at radius 3 is 2.50 bits per heavy atom. The summed E-state index contributed by atoms with van der Waals surface area (Å²) in [6.07, 6.45) is 5.02. The van der Waals surface area contributed by atoms with Gasteiger partial charge in [-0.15, -0.1) is 0 Å². The molecule has 0 amide bonds. The highest BCUT2D eigenvalue weighted by Gasteiger charge is 2.17. The van der Waals surface area contributed by atoms with Gasteiger partial charge in [-0.1, -0.05) is 20.8 Å². The van der Waals surface area contributed by atoms with E-state index in [4.69, 9.17) is 4.74 Å². The second-order valence-corrected chi connectivity index (χ2v) is 4.58. The predicted octanol–water partition coefficient (Wildman–Crippen LogP) is 2.72. The molecule has 0 aromatic carbocycles. The quantitative estimate of drug-likeness (QED) is 0.734. The summed E-state index contributed by atoms with van der Waals surface area (Å²) in [5.74, 6) is 0.669. The monoisotopic (exact) mass is 219 g/mol. The molecule has 16 heavy (non-hydrogen) atoms. The van der Waals surface area contributed by atoms with Gasteiger partial charge in [0, 0.05) is 17.7 Å². The molecule has 0 aliphatic rings. The van der Waals surface area contributed by atoms with Crippen LogP contribution < -0.4 is 4.74 Å². The van der Waals surface area contributed by atoms with Gasteiger partial charge >= 0.3 is 0 Å². The van der Waals surface area contributed by atoms with Crippen molar-refractivity contribution in [3.05, 3.63) is 30.0 Å². The molecular formula is C13H17NO2. The molecule has 0 saturated carbocycles. The van der Waals surface area contributed by atoms with Gasteiger partial charge in [0.15, 0.2) is 5.78 Å². The van der Waals surface area contributed by atoms with Gasteiger partial charge in [0.05, 0.1) is 7.11 Å². The molecule has 86 valence electrons. The van der Waals surface area contributed by atoms with Crippen molar-refractivity contribution in [3.8, 4) is 5.88 Å². The number of hydrogen-bond donors (Lipinski definition) is 0. The van der Waals surface area contributed by atoms with E-state index in [1.54, 1.807) is 31.5 Å². The first kappa shape index (κ1) is 12.4. The third-order valence-electron chi connectivity index (χ3n) is 2.13. The van der Waals surface area contributed by atoms with Crippen LogP contribution in [0, 0.1) is 5.41 Å². The van der Waals surface area contributed by atoms with E-state index in [0.717, 1.165) is 5.56 Å². The van der Waals surface area contributed by atoms with Gasteiger partial charge in [0.25, 0.3) is 0 Å². The third kappa shape index (κ3) is 3.50. The molecule has 0 atom stereocenters. The van der Waals surface area contributed by atoms with E-state index in [1.807, 2.05) is 26.8 Å². The Kier molecular flexibility index (Phi) is 3.82. The fourth-order valence-electron chi connectivity index (χ4n) is 1.03. The Balaban J connectivity index is 2.73. The molecule has 0 unspecified atom stereocenters. The maximum absolute atomic E-state index is 11.6. The molecule has 0 aliphatic heterocycles. The molecule has 0 spiro atoms. The first-order valence-corrected chi connectivity index (χ1v) is 5.16. The number of nitrogens with zero attached hydrogens (tertiary/aromatic N) is 1.